The number of hydrogen-bond donors (Lipinski definition) is 1. The first-order valence-electron chi connectivity index (χ1n) is 3.21. The van der Waals surface area contributed by atoms with Crippen molar-refractivity contribution in [3.05, 3.63) is 28.5 Å². The molecule has 0 atom stereocenters. The van der Waals surface area contributed by atoms with Crippen molar-refractivity contribution in [1.29, 1.82) is 0 Å². The van der Waals surface area contributed by atoms with Gasteiger partial charge in [-0.25, -0.2) is 4.79 Å². The highest BCUT2D eigenvalue weighted by Gasteiger charge is 2.01. The molecular formula is C7H6N2O2. The third-order valence-electron chi connectivity index (χ3n) is 1.53. The summed E-state index contributed by atoms with van der Waals surface area (Å²) in [5, 5.41) is 0. The molecule has 1 N–H and O–H groups in total. The van der Waals surface area contributed by atoms with E-state index in [-0.39, 0.29) is 0 Å². The van der Waals surface area contributed by atoms with Gasteiger partial charge in [0.1, 0.15) is 0 Å². The molecule has 0 unspecified atom stereocenters. The molecular weight excluding hydrogens is 144 g/mol. The van der Waals surface area contributed by atoms with Crippen LogP contribution in [0.3, 0.4) is 0 Å². The first-order chi connectivity index (χ1) is 5.27. The molecule has 0 aromatic carbocycles. The Morgan fingerprint density at radius 3 is 3.09 bits per heavy atom. The van der Waals surface area contributed by atoms with Crippen LogP contribution in [0, 0.1) is 6.92 Å². The Morgan fingerprint density at radius 1 is 1.55 bits per heavy atom. The van der Waals surface area contributed by atoms with Crippen LogP contribution < -0.4 is 5.76 Å². The second-order valence-corrected chi connectivity index (χ2v) is 2.34. The van der Waals surface area contributed by atoms with Gasteiger partial charge in [-0.3, -0.25) is 9.97 Å². The van der Waals surface area contributed by atoms with Crippen LogP contribution in [0.15, 0.2) is 21.6 Å². The topological polar surface area (TPSA) is 58.9 Å². The number of rotatable bonds is 0. The molecule has 2 aromatic rings. The van der Waals surface area contributed by atoms with Gasteiger partial charge in [-0.2, -0.15) is 0 Å². The lowest BCUT2D eigenvalue weighted by Gasteiger charge is -1.88. The van der Waals surface area contributed by atoms with Gasteiger partial charge in [0.25, 0.3) is 0 Å². The van der Waals surface area contributed by atoms with Gasteiger partial charge in [0.2, 0.25) is 0 Å². The molecule has 0 aliphatic rings. The average Bonchev–Trinajstić information content (AvgIpc) is 2.31. The number of aromatic nitrogens is 2. The standard InChI is InChI=1S/C7H6N2O2/c1-4-2-8-3-5-6(4)9-7(10)11-5/h2-3H,1H3,(H,9,10). The summed E-state index contributed by atoms with van der Waals surface area (Å²) < 4.78 is 4.78. The maximum atomic E-state index is 10.7. The molecule has 0 aliphatic carbocycles. The Kier molecular flexibility index (Phi) is 1.09. The van der Waals surface area contributed by atoms with Crippen molar-refractivity contribution in [3.8, 4) is 0 Å². The fourth-order valence-electron chi connectivity index (χ4n) is 1.01. The van der Waals surface area contributed by atoms with Gasteiger partial charge in [-0.15, -0.1) is 0 Å². The van der Waals surface area contributed by atoms with Crippen LogP contribution in [-0.2, 0) is 0 Å². The van der Waals surface area contributed by atoms with Gasteiger partial charge >= 0.3 is 5.76 Å². The SMILES string of the molecule is Cc1cncc2oc(=O)[nH]c12. The highest BCUT2D eigenvalue weighted by Crippen LogP contribution is 2.10. The molecule has 56 valence electrons. The number of aromatic amines is 1. The first kappa shape index (κ1) is 6.15. The van der Waals surface area contributed by atoms with Crippen LogP contribution >= 0.6 is 0 Å². The summed E-state index contributed by atoms with van der Waals surface area (Å²) in [5.74, 6) is -0.434. The summed E-state index contributed by atoms with van der Waals surface area (Å²) in [4.78, 5) is 17.1. The maximum absolute atomic E-state index is 10.7. The Balaban J connectivity index is 3.01. The summed E-state index contributed by atoms with van der Waals surface area (Å²) in [5.41, 5.74) is 2.15. The Hall–Kier alpha value is -1.58. The summed E-state index contributed by atoms with van der Waals surface area (Å²) >= 11 is 0. The predicted molar refractivity (Wildman–Crippen MR) is 39.4 cm³/mol. The lowest BCUT2D eigenvalue weighted by molar-refractivity contribution is 0.554. The largest absolute Gasteiger partial charge is 0.417 e. The predicted octanol–water partition coefficient (Wildman–Crippen LogP) is 0.825. The number of H-pyrrole nitrogens is 1. The van der Waals surface area contributed by atoms with Crippen LogP contribution in [0.2, 0.25) is 0 Å². The van der Waals surface area contributed by atoms with Gasteiger partial charge in [0, 0.05) is 6.20 Å². The zero-order valence-corrected chi connectivity index (χ0v) is 5.92. The monoisotopic (exact) mass is 150 g/mol. The third kappa shape index (κ3) is 0.832. The number of fused-ring (bicyclic) bond motifs is 1. The molecule has 0 aliphatic heterocycles. The van der Waals surface area contributed by atoms with E-state index in [1.165, 1.54) is 6.20 Å². The maximum Gasteiger partial charge on any atom is 0.417 e. The second-order valence-electron chi connectivity index (χ2n) is 2.34. The van der Waals surface area contributed by atoms with Crippen LogP contribution in [0.4, 0.5) is 0 Å². The Labute approximate surface area is 61.9 Å². The fourth-order valence-corrected chi connectivity index (χ4v) is 1.01. The molecule has 0 bridgehead atoms. The number of pyridine rings is 1. The summed E-state index contributed by atoms with van der Waals surface area (Å²) in [7, 11) is 0. The quantitative estimate of drug-likeness (QED) is 0.604. The smallest absolute Gasteiger partial charge is 0.406 e. The van der Waals surface area contributed by atoms with E-state index in [0.29, 0.717) is 5.58 Å². The molecule has 2 rings (SSSR count). The van der Waals surface area contributed by atoms with Crippen molar-refractivity contribution >= 4 is 11.1 Å². The summed E-state index contributed by atoms with van der Waals surface area (Å²) in [6, 6.07) is 0. The van der Waals surface area contributed by atoms with Gasteiger partial charge in [-0.1, -0.05) is 0 Å². The van der Waals surface area contributed by atoms with E-state index >= 15 is 0 Å². The minimum Gasteiger partial charge on any atom is -0.406 e. The van der Waals surface area contributed by atoms with Gasteiger partial charge in [-0.05, 0) is 12.5 Å². The molecule has 0 spiro atoms. The summed E-state index contributed by atoms with van der Waals surface area (Å²) in [6.45, 7) is 1.86. The number of oxazole rings is 1. The Morgan fingerprint density at radius 2 is 2.36 bits per heavy atom. The number of aryl methyl sites for hydroxylation is 1. The molecule has 11 heavy (non-hydrogen) atoms. The number of hydrogen-bond acceptors (Lipinski definition) is 3. The van der Waals surface area contributed by atoms with Crippen molar-refractivity contribution < 1.29 is 4.42 Å². The van der Waals surface area contributed by atoms with E-state index in [4.69, 9.17) is 4.42 Å². The minimum atomic E-state index is -0.434. The average molecular weight is 150 g/mol. The van der Waals surface area contributed by atoms with Crippen LogP contribution in [0.5, 0.6) is 0 Å². The zero-order valence-electron chi connectivity index (χ0n) is 5.92. The van der Waals surface area contributed by atoms with Crippen molar-refractivity contribution in [2.45, 2.75) is 6.92 Å². The highest BCUT2D eigenvalue weighted by molar-refractivity contribution is 5.74. The van der Waals surface area contributed by atoms with Crippen LogP contribution in [0.1, 0.15) is 5.56 Å². The van der Waals surface area contributed by atoms with Gasteiger partial charge in [0.05, 0.1) is 11.7 Å². The third-order valence-corrected chi connectivity index (χ3v) is 1.53. The molecule has 0 fully saturated rings. The minimum absolute atomic E-state index is 0.434. The van der Waals surface area contributed by atoms with E-state index in [0.717, 1.165) is 11.1 Å². The fraction of sp³-hybridized carbons (Fsp3) is 0.143. The highest BCUT2D eigenvalue weighted by atomic mass is 16.4. The van der Waals surface area contributed by atoms with Crippen molar-refractivity contribution in [2.75, 3.05) is 0 Å². The first-order valence-corrected chi connectivity index (χ1v) is 3.21. The molecule has 0 amide bonds. The van der Waals surface area contributed by atoms with Crippen molar-refractivity contribution in [2.24, 2.45) is 0 Å². The van der Waals surface area contributed by atoms with E-state index in [2.05, 4.69) is 9.97 Å². The molecule has 4 nitrogen and oxygen atoms in total. The van der Waals surface area contributed by atoms with E-state index < -0.39 is 5.76 Å². The molecule has 0 radical (unpaired) electrons. The summed E-state index contributed by atoms with van der Waals surface area (Å²) in [6.07, 6.45) is 3.19. The number of nitrogens with one attached hydrogen (secondary N) is 1. The second kappa shape index (κ2) is 1.95. The van der Waals surface area contributed by atoms with E-state index in [9.17, 15) is 4.79 Å². The van der Waals surface area contributed by atoms with Crippen molar-refractivity contribution in [3.63, 3.8) is 0 Å². The molecule has 2 heterocycles. The molecule has 2 aromatic heterocycles. The van der Waals surface area contributed by atoms with Gasteiger partial charge < -0.3 is 4.42 Å². The lowest BCUT2D eigenvalue weighted by atomic mass is 10.3. The van der Waals surface area contributed by atoms with E-state index in [1.54, 1.807) is 6.20 Å². The molecule has 0 saturated heterocycles. The normalized spacial score (nSPS) is 10.6. The number of nitrogens with zero attached hydrogens (tertiary/aromatic N) is 1. The van der Waals surface area contributed by atoms with Crippen molar-refractivity contribution in [1.82, 2.24) is 9.97 Å². The van der Waals surface area contributed by atoms with Crippen LogP contribution in [0.25, 0.3) is 11.1 Å². The van der Waals surface area contributed by atoms with Gasteiger partial charge in [0.15, 0.2) is 5.58 Å². The zero-order chi connectivity index (χ0) is 7.84. The molecule has 4 heteroatoms. The molecule has 0 saturated carbocycles. The lowest BCUT2D eigenvalue weighted by Crippen LogP contribution is -1.93. The van der Waals surface area contributed by atoms with Crippen LogP contribution in [-0.4, -0.2) is 9.97 Å². The van der Waals surface area contributed by atoms with E-state index in [1.807, 2.05) is 6.92 Å². The Bertz CT molecular complexity index is 441.